The SMILES string of the molecule is CN(Cc1cnnn1C)C1CN(c2ccc3nnc(C4CC4)n3n2)C1. The second kappa shape index (κ2) is 5.48. The van der Waals surface area contributed by atoms with Gasteiger partial charge in [0.2, 0.25) is 0 Å². The number of aryl methyl sites for hydroxylation is 1. The van der Waals surface area contributed by atoms with Gasteiger partial charge in [-0.1, -0.05) is 5.21 Å². The number of anilines is 1. The minimum absolute atomic E-state index is 0.510. The van der Waals surface area contributed by atoms with Gasteiger partial charge in [-0.05, 0) is 32.0 Å². The van der Waals surface area contributed by atoms with Crippen LogP contribution in [0.3, 0.4) is 0 Å². The minimum atomic E-state index is 0.510. The molecule has 2 fully saturated rings. The molecule has 0 aromatic carbocycles. The maximum Gasteiger partial charge on any atom is 0.178 e. The predicted octanol–water partition coefficient (Wildman–Crippen LogP) is 0.451. The molecule has 0 N–H and O–H groups in total. The fourth-order valence-electron chi connectivity index (χ4n) is 3.32. The maximum atomic E-state index is 4.78. The number of rotatable bonds is 5. The molecule has 1 saturated heterocycles. The summed E-state index contributed by atoms with van der Waals surface area (Å²) < 4.78 is 3.75. The van der Waals surface area contributed by atoms with Crippen molar-refractivity contribution in [2.75, 3.05) is 25.0 Å². The van der Waals surface area contributed by atoms with E-state index >= 15 is 0 Å². The van der Waals surface area contributed by atoms with Gasteiger partial charge in [-0.15, -0.1) is 20.4 Å². The van der Waals surface area contributed by atoms with Crippen molar-refractivity contribution in [2.45, 2.75) is 31.3 Å². The van der Waals surface area contributed by atoms with Gasteiger partial charge in [0.05, 0.1) is 11.9 Å². The van der Waals surface area contributed by atoms with E-state index in [1.165, 1.54) is 12.8 Å². The first-order chi connectivity index (χ1) is 12.2. The summed E-state index contributed by atoms with van der Waals surface area (Å²) in [5.74, 6) is 2.55. The van der Waals surface area contributed by atoms with E-state index in [9.17, 15) is 0 Å². The third-order valence-electron chi connectivity index (χ3n) is 5.24. The van der Waals surface area contributed by atoms with Gasteiger partial charge in [0, 0.05) is 38.6 Å². The number of fused-ring (bicyclic) bond motifs is 1. The van der Waals surface area contributed by atoms with Gasteiger partial charge in [0.25, 0.3) is 0 Å². The van der Waals surface area contributed by atoms with Crippen LogP contribution in [0.4, 0.5) is 5.82 Å². The smallest absolute Gasteiger partial charge is 0.178 e. The zero-order valence-corrected chi connectivity index (χ0v) is 14.4. The lowest BCUT2D eigenvalue weighted by molar-refractivity contribution is 0.192. The van der Waals surface area contributed by atoms with Gasteiger partial charge < -0.3 is 4.90 Å². The van der Waals surface area contributed by atoms with Crippen LogP contribution in [0.25, 0.3) is 5.65 Å². The standard InChI is InChI=1S/C16H21N9/c1-22(8-12-7-17-21-23(12)2)13-9-24(10-13)15-6-5-14-18-19-16(11-3-4-11)25(14)20-15/h5-7,11,13H,3-4,8-10H2,1-2H3. The molecular weight excluding hydrogens is 318 g/mol. The third kappa shape index (κ3) is 2.55. The van der Waals surface area contributed by atoms with Gasteiger partial charge in [0.1, 0.15) is 5.82 Å². The van der Waals surface area contributed by atoms with Crippen LogP contribution in [-0.4, -0.2) is 65.9 Å². The summed E-state index contributed by atoms with van der Waals surface area (Å²) in [7, 11) is 4.08. The summed E-state index contributed by atoms with van der Waals surface area (Å²) >= 11 is 0. The summed E-state index contributed by atoms with van der Waals surface area (Å²) in [6.45, 7) is 2.80. The molecule has 9 nitrogen and oxygen atoms in total. The number of aromatic nitrogens is 7. The van der Waals surface area contributed by atoms with Gasteiger partial charge in [-0.3, -0.25) is 9.58 Å². The Balaban J connectivity index is 1.27. The molecule has 9 heteroatoms. The van der Waals surface area contributed by atoms with Crippen molar-refractivity contribution in [1.82, 2.24) is 39.7 Å². The molecule has 0 radical (unpaired) electrons. The van der Waals surface area contributed by atoms with Crippen molar-refractivity contribution in [3.05, 3.63) is 29.8 Å². The van der Waals surface area contributed by atoms with Crippen LogP contribution >= 0.6 is 0 Å². The molecule has 0 spiro atoms. The first-order valence-corrected chi connectivity index (χ1v) is 8.70. The van der Waals surface area contributed by atoms with Crippen LogP contribution in [0.5, 0.6) is 0 Å². The Kier molecular flexibility index (Phi) is 3.24. The second-order valence-electron chi connectivity index (χ2n) is 7.12. The topological polar surface area (TPSA) is 80.3 Å². The number of hydrogen-bond acceptors (Lipinski definition) is 7. The van der Waals surface area contributed by atoms with Crippen molar-refractivity contribution in [2.24, 2.45) is 7.05 Å². The average molecular weight is 339 g/mol. The molecule has 25 heavy (non-hydrogen) atoms. The summed E-state index contributed by atoms with van der Waals surface area (Å²) in [6.07, 6.45) is 4.23. The largest absolute Gasteiger partial charge is 0.352 e. The van der Waals surface area contributed by atoms with Crippen LogP contribution in [0.15, 0.2) is 18.3 Å². The Hall–Kier alpha value is -2.55. The van der Waals surface area contributed by atoms with E-state index in [1.54, 1.807) is 0 Å². The van der Waals surface area contributed by atoms with E-state index < -0.39 is 0 Å². The Morgan fingerprint density at radius 2 is 2.04 bits per heavy atom. The zero-order chi connectivity index (χ0) is 17.0. The van der Waals surface area contributed by atoms with Gasteiger partial charge in [0.15, 0.2) is 11.5 Å². The summed E-state index contributed by atoms with van der Waals surface area (Å²) in [6, 6.07) is 4.57. The number of hydrogen-bond donors (Lipinski definition) is 0. The molecule has 3 aromatic heterocycles. The molecule has 1 aliphatic heterocycles. The molecule has 5 rings (SSSR count). The second-order valence-corrected chi connectivity index (χ2v) is 7.12. The molecular formula is C16H21N9. The lowest BCUT2D eigenvalue weighted by Crippen LogP contribution is -2.58. The summed E-state index contributed by atoms with van der Waals surface area (Å²) in [5.41, 5.74) is 1.96. The molecule has 3 aromatic rings. The van der Waals surface area contributed by atoms with Gasteiger partial charge >= 0.3 is 0 Å². The number of nitrogens with zero attached hydrogens (tertiary/aromatic N) is 9. The molecule has 1 saturated carbocycles. The lowest BCUT2D eigenvalue weighted by atomic mass is 10.1. The monoisotopic (exact) mass is 339 g/mol. The van der Waals surface area contributed by atoms with E-state index in [-0.39, 0.29) is 0 Å². The third-order valence-corrected chi connectivity index (χ3v) is 5.24. The van der Waals surface area contributed by atoms with E-state index in [0.29, 0.717) is 12.0 Å². The Bertz CT molecular complexity index is 903. The molecule has 4 heterocycles. The van der Waals surface area contributed by atoms with Crippen molar-refractivity contribution >= 4 is 11.5 Å². The summed E-state index contributed by atoms with van der Waals surface area (Å²) in [4.78, 5) is 4.65. The number of likely N-dealkylation sites (N-methyl/N-ethyl adjacent to an activating group) is 1. The Labute approximate surface area is 145 Å². The molecule has 130 valence electrons. The van der Waals surface area contributed by atoms with Crippen molar-refractivity contribution < 1.29 is 0 Å². The fraction of sp³-hybridized carbons (Fsp3) is 0.562. The molecule has 0 unspecified atom stereocenters. The first-order valence-electron chi connectivity index (χ1n) is 8.70. The molecule has 2 aliphatic rings. The van der Waals surface area contributed by atoms with Crippen molar-refractivity contribution in [3.63, 3.8) is 0 Å². The highest BCUT2D eigenvalue weighted by molar-refractivity contribution is 5.48. The van der Waals surface area contributed by atoms with Crippen molar-refractivity contribution in [1.29, 1.82) is 0 Å². The molecule has 0 bridgehead atoms. The van der Waals surface area contributed by atoms with E-state index in [0.717, 1.165) is 42.6 Å². The van der Waals surface area contributed by atoms with Crippen LogP contribution < -0.4 is 4.90 Å². The normalized spacial score (nSPS) is 18.3. The first kappa shape index (κ1) is 14.8. The quantitative estimate of drug-likeness (QED) is 0.668. The summed E-state index contributed by atoms with van der Waals surface area (Å²) in [5, 5.41) is 21.2. The molecule has 1 aliphatic carbocycles. The van der Waals surface area contributed by atoms with Crippen LogP contribution in [0, 0.1) is 0 Å². The van der Waals surface area contributed by atoms with E-state index in [1.807, 2.05) is 34.6 Å². The highest BCUT2D eigenvalue weighted by Gasteiger charge is 2.33. The minimum Gasteiger partial charge on any atom is -0.352 e. The Morgan fingerprint density at radius 3 is 2.76 bits per heavy atom. The zero-order valence-electron chi connectivity index (χ0n) is 14.4. The highest BCUT2D eigenvalue weighted by atomic mass is 15.4. The maximum absolute atomic E-state index is 4.78. The van der Waals surface area contributed by atoms with Crippen LogP contribution in [-0.2, 0) is 13.6 Å². The van der Waals surface area contributed by atoms with Crippen LogP contribution in [0.1, 0.15) is 30.3 Å². The predicted molar refractivity (Wildman–Crippen MR) is 91.2 cm³/mol. The van der Waals surface area contributed by atoms with Gasteiger partial charge in [-0.25, -0.2) is 0 Å². The average Bonchev–Trinajstić information content (AvgIpc) is 3.20. The van der Waals surface area contributed by atoms with Crippen molar-refractivity contribution in [3.8, 4) is 0 Å². The van der Waals surface area contributed by atoms with Gasteiger partial charge in [-0.2, -0.15) is 4.52 Å². The highest BCUT2D eigenvalue weighted by Crippen LogP contribution is 2.38. The van der Waals surface area contributed by atoms with Crippen LogP contribution in [0.2, 0.25) is 0 Å². The fourth-order valence-corrected chi connectivity index (χ4v) is 3.32. The Morgan fingerprint density at radius 1 is 1.20 bits per heavy atom. The van der Waals surface area contributed by atoms with E-state index in [2.05, 4.69) is 37.4 Å². The van der Waals surface area contributed by atoms with E-state index in [4.69, 9.17) is 5.10 Å². The lowest BCUT2D eigenvalue weighted by Gasteiger charge is -2.44. The molecule has 0 amide bonds. The molecule has 0 atom stereocenters.